The molecular formula is C14H21ClN4. The van der Waals surface area contributed by atoms with Crippen molar-refractivity contribution in [3.63, 3.8) is 0 Å². The molecule has 0 saturated heterocycles. The van der Waals surface area contributed by atoms with Crippen molar-refractivity contribution in [3.8, 4) is 0 Å². The van der Waals surface area contributed by atoms with Crippen LogP contribution < -0.4 is 0 Å². The molecule has 1 fully saturated rings. The Kier molecular flexibility index (Phi) is 3.29. The van der Waals surface area contributed by atoms with Gasteiger partial charge in [-0.05, 0) is 39.5 Å². The van der Waals surface area contributed by atoms with Crippen LogP contribution in [0.1, 0.15) is 50.7 Å². The maximum atomic E-state index is 6.11. The van der Waals surface area contributed by atoms with Crippen molar-refractivity contribution in [2.24, 2.45) is 5.92 Å². The van der Waals surface area contributed by atoms with Crippen LogP contribution in [0.5, 0.6) is 0 Å². The van der Waals surface area contributed by atoms with E-state index in [1.165, 1.54) is 19.3 Å². The van der Waals surface area contributed by atoms with Crippen LogP contribution in [0.25, 0.3) is 11.2 Å². The molecule has 0 bridgehead atoms. The van der Waals surface area contributed by atoms with Gasteiger partial charge < -0.3 is 4.57 Å². The molecule has 2 aromatic heterocycles. The van der Waals surface area contributed by atoms with Crippen molar-refractivity contribution < 1.29 is 0 Å². The van der Waals surface area contributed by atoms with Crippen LogP contribution in [0.2, 0.25) is 0 Å². The van der Waals surface area contributed by atoms with E-state index in [0.717, 1.165) is 35.1 Å². The molecule has 1 saturated carbocycles. The summed E-state index contributed by atoms with van der Waals surface area (Å²) in [4.78, 5) is 4.71. The number of fused-ring (bicyclic) bond motifs is 1. The van der Waals surface area contributed by atoms with Gasteiger partial charge in [-0.25, -0.2) is 9.67 Å². The van der Waals surface area contributed by atoms with Gasteiger partial charge in [0.05, 0.1) is 11.6 Å². The normalized spacial score (nSPS) is 17.9. The summed E-state index contributed by atoms with van der Waals surface area (Å²) in [5, 5.41) is 4.58. The average Bonchev–Trinajstić information content (AvgIpc) is 2.84. The molecular weight excluding hydrogens is 260 g/mol. The first-order chi connectivity index (χ1) is 9.17. The van der Waals surface area contributed by atoms with Crippen LogP contribution in [-0.4, -0.2) is 19.3 Å². The first kappa shape index (κ1) is 13.0. The van der Waals surface area contributed by atoms with E-state index in [9.17, 15) is 0 Å². The van der Waals surface area contributed by atoms with Crippen molar-refractivity contribution >= 4 is 22.8 Å². The predicted molar refractivity (Wildman–Crippen MR) is 77.5 cm³/mol. The fourth-order valence-corrected chi connectivity index (χ4v) is 3.30. The average molecular weight is 281 g/mol. The molecule has 0 radical (unpaired) electrons. The van der Waals surface area contributed by atoms with E-state index < -0.39 is 0 Å². The first-order valence-electron chi connectivity index (χ1n) is 7.17. The summed E-state index contributed by atoms with van der Waals surface area (Å²) >= 11 is 6.11. The van der Waals surface area contributed by atoms with Gasteiger partial charge in [-0.1, -0.05) is 6.42 Å². The highest BCUT2D eigenvalue weighted by atomic mass is 35.5. The van der Waals surface area contributed by atoms with Crippen LogP contribution in [0, 0.1) is 12.8 Å². The van der Waals surface area contributed by atoms with Crippen molar-refractivity contribution in [2.75, 3.05) is 0 Å². The zero-order chi connectivity index (χ0) is 13.6. The zero-order valence-electron chi connectivity index (χ0n) is 11.9. The first-order valence-corrected chi connectivity index (χ1v) is 7.71. The molecule has 4 nitrogen and oxygen atoms in total. The minimum atomic E-state index is 0.467. The molecule has 19 heavy (non-hydrogen) atoms. The smallest absolute Gasteiger partial charge is 0.159 e. The molecule has 1 unspecified atom stereocenters. The van der Waals surface area contributed by atoms with Crippen LogP contribution in [-0.2, 0) is 12.4 Å². The second-order valence-electron chi connectivity index (χ2n) is 5.54. The Morgan fingerprint density at radius 1 is 1.42 bits per heavy atom. The van der Waals surface area contributed by atoms with Crippen molar-refractivity contribution in [3.05, 3.63) is 11.5 Å². The molecule has 2 aromatic rings. The lowest BCUT2D eigenvalue weighted by Gasteiger charge is -2.33. The molecule has 3 rings (SSSR count). The number of halogens is 1. The molecule has 1 aliphatic rings. The topological polar surface area (TPSA) is 35.6 Å². The molecule has 1 aliphatic carbocycles. The van der Waals surface area contributed by atoms with E-state index >= 15 is 0 Å². The number of alkyl halides is 1. The number of hydrogen-bond acceptors (Lipinski definition) is 2. The monoisotopic (exact) mass is 280 g/mol. The maximum absolute atomic E-state index is 6.11. The number of nitrogens with zero attached hydrogens (tertiary/aromatic N) is 4. The fraction of sp³-hybridized carbons (Fsp3) is 0.714. The van der Waals surface area contributed by atoms with Gasteiger partial charge in [0.1, 0.15) is 11.3 Å². The third-order valence-electron chi connectivity index (χ3n) is 4.48. The molecule has 2 heterocycles. The van der Waals surface area contributed by atoms with Gasteiger partial charge in [-0.15, -0.1) is 11.6 Å². The minimum Gasteiger partial charge on any atom is -0.309 e. The van der Waals surface area contributed by atoms with Crippen LogP contribution in [0.3, 0.4) is 0 Å². The largest absolute Gasteiger partial charge is 0.309 e. The van der Waals surface area contributed by atoms with E-state index in [1.54, 1.807) is 0 Å². The number of imidazole rings is 1. The molecule has 0 amide bonds. The summed E-state index contributed by atoms with van der Waals surface area (Å²) in [7, 11) is 0. The van der Waals surface area contributed by atoms with E-state index in [4.69, 9.17) is 16.6 Å². The van der Waals surface area contributed by atoms with Gasteiger partial charge in [0, 0.05) is 12.6 Å². The van der Waals surface area contributed by atoms with Crippen LogP contribution in [0.15, 0.2) is 0 Å². The second kappa shape index (κ2) is 4.82. The van der Waals surface area contributed by atoms with Gasteiger partial charge in [0.15, 0.2) is 5.65 Å². The van der Waals surface area contributed by atoms with Crippen molar-refractivity contribution in [2.45, 2.75) is 58.5 Å². The third-order valence-corrected chi connectivity index (χ3v) is 4.71. The zero-order valence-corrected chi connectivity index (χ0v) is 12.6. The Labute approximate surface area is 118 Å². The Morgan fingerprint density at radius 2 is 2.16 bits per heavy atom. The van der Waals surface area contributed by atoms with Gasteiger partial charge >= 0.3 is 0 Å². The lowest BCUT2D eigenvalue weighted by molar-refractivity contribution is 0.222. The summed E-state index contributed by atoms with van der Waals surface area (Å²) in [6.07, 6.45) is 4.00. The lowest BCUT2D eigenvalue weighted by Crippen LogP contribution is -2.25. The summed E-state index contributed by atoms with van der Waals surface area (Å²) in [6.45, 7) is 7.31. The summed E-state index contributed by atoms with van der Waals surface area (Å²) in [5.74, 6) is 2.22. The standard InChI is InChI=1S/C14H21ClN4/c1-4-18-14-13(9(2)17-18)16-12(8-15)19(14)10(3)11-6-5-7-11/h10-11H,4-8H2,1-3H3. The van der Waals surface area contributed by atoms with Gasteiger partial charge in [-0.2, -0.15) is 5.10 Å². The minimum absolute atomic E-state index is 0.467. The lowest BCUT2D eigenvalue weighted by atomic mass is 9.80. The van der Waals surface area contributed by atoms with E-state index in [1.807, 2.05) is 6.92 Å². The molecule has 0 N–H and O–H groups in total. The van der Waals surface area contributed by atoms with E-state index in [2.05, 4.69) is 28.2 Å². The third kappa shape index (κ3) is 1.88. The molecule has 0 aliphatic heterocycles. The Balaban J connectivity index is 2.18. The second-order valence-corrected chi connectivity index (χ2v) is 5.80. The van der Waals surface area contributed by atoms with Gasteiger partial charge in [-0.3, -0.25) is 0 Å². The van der Waals surface area contributed by atoms with E-state index in [0.29, 0.717) is 11.9 Å². The maximum Gasteiger partial charge on any atom is 0.159 e. The van der Waals surface area contributed by atoms with Crippen LogP contribution >= 0.6 is 11.6 Å². The van der Waals surface area contributed by atoms with Crippen molar-refractivity contribution in [1.29, 1.82) is 0 Å². The SMILES string of the molecule is CCn1nc(C)c2nc(CCl)n(C(C)C3CCC3)c21. The fourth-order valence-electron chi connectivity index (χ4n) is 3.11. The number of hydrogen-bond donors (Lipinski definition) is 0. The predicted octanol–water partition coefficient (Wildman–Crippen LogP) is 3.66. The number of aryl methyl sites for hydroxylation is 2. The summed E-state index contributed by atoms with van der Waals surface area (Å²) < 4.78 is 4.39. The van der Waals surface area contributed by atoms with Crippen LogP contribution in [0.4, 0.5) is 0 Å². The molecule has 1 atom stereocenters. The Bertz CT molecular complexity index is 594. The summed E-state index contributed by atoms with van der Waals surface area (Å²) in [5.41, 5.74) is 3.17. The molecule has 0 spiro atoms. The molecule has 104 valence electrons. The quantitative estimate of drug-likeness (QED) is 0.801. The highest BCUT2D eigenvalue weighted by Gasteiger charge is 2.29. The van der Waals surface area contributed by atoms with Crippen molar-refractivity contribution in [1.82, 2.24) is 19.3 Å². The summed E-state index contributed by atoms with van der Waals surface area (Å²) in [6, 6.07) is 0.467. The Morgan fingerprint density at radius 3 is 2.68 bits per heavy atom. The highest BCUT2D eigenvalue weighted by Crippen LogP contribution is 2.38. The highest BCUT2D eigenvalue weighted by molar-refractivity contribution is 6.16. The van der Waals surface area contributed by atoms with Gasteiger partial charge in [0.25, 0.3) is 0 Å². The molecule has 0 aromatic carbocycles. The Hall–Kier alpha value is -1.03. The van der Waals surface area contributed by atoms with E-state index in [-0.39, 0.29) is 0 Å². The van der Waals surface area contributed by atoms with Gasteiger partial charge in [0.2, 0.25) is 0 Å². The number of aromatic nitrogens is 4. The molecule has 5 heteroatoms. The number of rotatable bonds is 4.